The van der Waals surface area contributed by atoms with Crippen LogP contribution in [0.2, 0.25) is 0 Å². The highest BCUT2D eigenvalue weighted by Crippen LogP contribution is 2.09. The summed E-state index contributed by atoms with van der Waals surface area (Å²) in [6.45, 7) is 1.96. The molecule has 0 aliphatic carbocycles. The fourth-order valence-electron chi connectivity index (χ4n) is 2.15. The predicted molar refractivity (Wildman–Crippen MR) is 70.7 cm³/mol. The molecule has 94 valence electrons. The summed E-state index contributed by atoms with van der Waals surface area (Å²) in [7, 11) is 0. The maximum Gasteiger partial charge on any atom is 0.0466 e. The molecule has 0 aromatic rings. The molecule has 0 amide bonds. The highest BCUT2D eigenvalue weighted by molar-refractivity contribution is 4.81. The largest absolute Gasteiger partial charge is 0.381 e. The lowest BCUT2D eigenvalue weighted by Gasteiger charge is -2.05. The second-order valence-corrected chi connectivity index (χ2v) is 4.84. The van der Waals surface area contributed by atoms with Gasteiger partial charge >= 0.3 is 0 Å². The zero-order chi connectivity index (χ0) is 11.3. The third-order valence-electron chi connectivity index (χ3n) is 3.24. The van der Waals surface area contributed by atoms with Crippen LogP contribution in [0.5, 0.6) is 0 Å². The molecule has 0 spiro atoms. The zero-order valence-corrected chi connectivity index (χ0v) is 10.8. The molecule has 1 nitrogen and oxygen atoms in total. The van der Waals surface area contributed by atoms with Crippen molar-refractivity contribution in [2.75, 3.05) is 13.2 Å². The molecular weight excluding hydrogens is 196 g/mol. The lowest BCUT2D eigenvalue weighted by Crippen LogP contribution is -1.97. The van der Waals surface area contributed by atoms with Crippen LogP contribution in [0.25, 0.3) is 0 Å². The van der Waals surface area contributed by atoms with Crippen LogP contribution in [-0.2, 0) is 4.74 Å². The maximum absolute atomic E-state index is 5.62. The van der Waals surface area contributed by atoms with Crippen LogP contribution in [0.4, 0.5) is 0 Å². The van der Waals surface area contributed by atoms with E-state index in [1.165, 1.54) is 70.6 Å². The second-order valence-electron chi connectivity index (χ2n) is 4.84. The van der Waals surface area contributed by atoms with E-state index in [1.54, 1.807) is 0 Å². The van der Waals surface area contributed by atoms with Crippen LogP contribution >= 0.6 is 0 Å². The molecule has 1 aliphatic heterocycles. The highest BCUT2D eigenvalue weighted by atomic mass is 16.5. The van der Waals surface area contributed by atoms with Gasteiger partial charge in [0, 0.05) is 13.2 Å². The quantitative estimate of drug-likeness (QED) is 0.534. The van der Waals surface area contributed by atoms with Gasteiger partial charge in [-0.3, -0.25) is 0 Å². The van der Waals surface area contributed by atoms with Crippen molar-refractivity contribution in [1.29, 1.82) is 0 Å². The van der Waals surface area contributed by atoms with Crippen molar-refractivity contribution >= 4 is 0 Å². The Morgan fingerprint density at radius 1 is 0.500 bits per heavy atom. The minimum atomic E-state index is 0.976. The summed E-state index contributed by atoms with van der Waals surface area (Å²) in [4.78, 5) is 0. The van der Waals surface area contributed by atoms with Crippen molar-refractivity contribution in [2.24, 2.45) is 0 Å². The Morgan fingerprint density at radius 3 is 1.56 bits per heavy atom. The monoisotopic (exact) mass is 224 g/mol. The summed E-state index contributed by atoms with van der Waals surface area (Å²) in [5.41, 5.74) is 0. The molecule has 1 heteroatoms. The average Bonchev–Trinajstić information content (AvgIpc) is 2.29. The van der Waals surface area contributed by atoms with E-state index in [-0.39, 0.29) is 0 Å². The van der Waals surface area contributed by atoms with Crippen LogP contribution in [-0.4, -0.2) is 13.2 Å². The molecule has 0 unspecified atom stereocenters. The van der Waals surface area contributed by atoms with Gasteiger partial charge in [0.15, 0.2) is 0 Å². The SMILES string of the molecule is C1=CCCCCCOCCCCCCCC1. The number of ether oxygens (including phenoxy) is 1. The molecule has 1 aliphatic rings. The molecule has 0 aromatic heterocycles. The fraction of sp³-hybridized carbons (Fsp3) is 0.867. The summed E-state index contributed by atoms with van der Waals surface area (Å²) >= 11 is 0. The smallest absolute Gasteiger partial charge is 0.0466 e. The van der Waals surface area contributed by atoms with Crippen molar-refractivity contribution in [3.05, 3.63) is 12.2 Å². The first-order valence-corrected chi connectivity index (χ1v) is 7.23. The molecule has 1 rings (SSSR count). The van der Waals surface area contributed by atoms with E-state index in [9.17, 15) is 0 Å². The minimum absolute atomic E-state index is 0.976. The van der Waals surface area contributed by atoms with E-state index in [0.717, 1.165) is 13.2 Å². The van der Waals surface area contributed by atoms with Crippen molar-refractivity contribution in [2.45, 2.75) is 70.6 Å². The molecule has 0 N–H and O–H groups in total. The highest BCUT2D eigenvalue weighted by Gasteiger charge is 1.93. The van der Waals surface area contributed by atoms with Crippen LogP contribution in [0.3, 0.4) is 0 Å². The third-order valence-corrected chi connectivity index (χ3v) is 3.24. The van der Waals surface area contributed by atoms with Gasteiger partial charge in [-0.15, -0.1) is 0 Å². The second kappa shape index (κ2) is 11.2. The third kappa shape index (κ3) is 8.96. The Kier molecular flexibility index (Phi) is 9.63. The normalized spacial score (nSPS) is 23.0. The van der Waals surface area contributed by atoms with Crippen molar-refractivity contribution in [3.63, 3.8) is 0 Å². The van der Waals surface area contributed by atoms with E-state index in [0.29, 0.717) is 0 Å². The van der Waals surface area contributed by atoms with E-state index < -0.39 is 0 Å². The topological polar surface area (TPSA) is 9.23 Å². The number of hydrogen-bond acceptors (Lipinski definition) is 1. The Labute approximate surface area is 101 Å². The standard InChI is InChI=1S/C15H28O/c1-2-4-6-8-10-12-14-16-15-13-11-9-7-5-3-1/h2,4H,1,3,5-15H2. The molecule has 1 heterocycles. The van der Waals surface area contributed by atoms with Gasteiger partial charge in [-0.25, -0.2) is 0 Å². The minimum Gasteiger partial charge on any atom is -0.381 e. The predicted octanol–water partition coefficient (Wildman–Crippen LogP) is 4.86. The van der Waals surface area contributed by atoms with Gasteiger partial charge in [0.25, 0.3) is 0 Å². The molecule has 0 bridgehead atoms. The molecule has 16 heavy (non-hydrogen) atoms. The molecule has 0 saturated carbocycles. The average molecular weight is 224 g/mol. The van der Waals surface area contributed by atoms with Crippen LogP contribution in [0.1, 0.15) is 70.6 Å². The molecular formula is C15H28O. The Balaban J connectivity index is 2.07. The van der Waals surface area contributed by atoms with E-state index in [4.69, 9.17) is 4.74 Å². The van der Waals surface area contributed by atoms with Gasteiger partial charge in [-0.05, 0) is 38.5 Å². The number of allylic oxidation sites excluding steroid dienone is 2. The van der Waals surface area contributed by atoms with Crippen molar-refractivity contribution in [3.8, 4) is 0 Å². The van der Waals surface area contributed by atoms with Crippen LogP contribution in [0, 0.1) is 0 Å². The first kappa shape index (κ1) is 13.8. The lowest BCUT2D eigenvalue weighted by molar-refractivity contribution is 0.126. The Hall–Kier alpha value is -0.300. The molecule has 0 atom stereocenters. The number of hydrogen-bond donors (Lipinski definition) is 0. The van der Waals surface area contributed by atoms with Gasteiger partial charge < -0.3 is 4.74 Å². The Bertz CT molecular complexity index is 145. The van der Waals surface area contributed by atoms with Gasteiger partial charge in [-0.2, -0.15) is 0 Å². The summed E-state index contributed by atoms with van der Waals surface area (Å²) in [5, 5.41) is 0. The van der Waals surface area contributed by atoms with Crippen LogP contribution in [0.15, 0.2) is 12.2 Å². The van der Waals surface area contributed by atoms with Gasteiger partial charge in [0.2, 0.25) is 0 Å². The van der Waals surface area contributed by atoms with Gasteiger partial charge in [0.05, 0.1) is 0 Å². The van der Waals surface area contributed by atoms with Crippen molar-refractivity contribution < 1.29 is 4.74 Å². The zero-order valence-electron chi connectivity index (χ0n) is 10.8. The van der Waals surface area contributed by atoms with Crippen LogP contribution < -0.4 is 0 Å². The maximum atomic E-state index is 5.62. The lowest BCUT2D eigenvalue weighted by atomic mass is 10.1. The molecule has 0 fully saturated rings. The molecule has 0 radical (unpaired) electrons. The number of rotatable bonds is 0. The molecule has 0 aromatic carbocycles. The Morgan fingerprint density at radius 2 is 0.938 bits per heavy atom. The van der Waals surface area contributed by atoms with Gasteiger partial charge in [-0.1, -0.05) is 44.3 Å². The molecule has 0 saturated heterocycles. The van der Waals surface area contributed by atoms with Gasteiger partial charge in [0.1, 0.15) is 0 Å². The first-order chi connectivity index (χ1) is 8.00. The van der Waals surface area contributed by atoms with E-state index >= 15 is 0 Å². The van der Waals surface area contributed by atoms with Crippen molar-refractivity contribution in [1.82, 2.24) is 0 Å². The summed E-state index contributed by atoms with van der Waals surface area (Å²) < 4.78 is 5.62. The summed E-state index contributed by atoms with van der Waals surface area (Å²) in [5.74, 6) is 0. The fourth-order valence-corrected chi connectivity index (χ4v) is 2.15. The summed E-state index contributed by atoms with van der Waals surface area (Å²) in [6, 6.07) is 0. The first-order valence-electron chi connectivity index (χ1n) is 7.23. The summed E-state index contributed by atoms with van der Waals surface area (Å²) in [6.07, 6.45) is 19.4. The van der Waals surface area contributed by atoms with E-state index in [1.807, 2.05) is 0 Å². The van der Waals surface area contributed by atoms with E-state index in [2.05, 4.69) is 12.2 Å².